The number of ether oxygens (including phenoxy) is 3. The molecule has 0 radical (unpaired) electrons. The normalized spacial score (nSPS) is 15.4. The molecule has 144 valence electrons. The zero-order chi connectivity index (χ0) is 18.9. The smallest absolute Gasteiger partial charge is 0.143 e. The Labute approximate surface area is 156 Å². The molecule has 5 nitrogen and oxygen atoms in total. The van der Waals surface area contributed by atoms with Gasteiger partial charge in [0.1, 0.15) is 6.79 Å². The van der Waals surface area contributed by atoms with Crippen LogP contribution in [-0.2, 0) is 27.4 Å². The molecule has 0 aliphatic carbocycles. The van der Waals surface area contributed by atoms with Gasteiger partial charge in [0.2, 0.25) is 0 Å². The van der Waals surface area contributed by atoms with Crippen LogP contribution in [0.4, 0.5) is 0 Å². The Morgan fingerprint density at radius 1 is 0.962 bits per heavy atom. The molecule has 0 saturated carbocycles. The Hall–Kier alpha value is -1.76. The van der Waals surface area contributed by atoms with E-state index in [1.165, 1.54) is 19.1 Å². The Morgan fingerprint density at radius 2 is 1.54 bits per heavy atom. The zero-order valence-electron chi connectivity index (χ0n) is 15.4. The van der Waals surface area contributed by atoms with Crippen LogP contribution in [0.3, 0.4) is 0 Å². The third-order valence-corrected chi connectivity index (χ3v) is 3.59. The van der Waals surface area contributed by atoms with Crippen LogP contribution in [0, 0.1) is 0 Å². The zero-order valence-corrected chi connectivity index (χ0v) is 15.4. The highest BCUT2D eigenvalue weighted by molar-refractivity contribution is 5.13. The maximum Gasteiger partial charge on any atom is 0.143 e. The summed E-state index contributed by atoms with van der Waals surface area (Å²) in [4.78, 5) is 0. The standard InChI is InChI=1S/C12H16O2.C7H8O.C2H6O2/c1-2-5-11(6-3-1)9-13-10-12-7-4-8-14-12;8-6-7-4-2-1-3-5-7;1-4-2-3/h1-3,5-6,12H,4,7-10H2;1-5,8H,6H2;3H,2H2,1H3. The van der Waals surface area contributed by atoms with E-state index in [1.807, 2.05) is 48.5 Å². The molecule has 1 aliphatic rings. The van der Waals surface area contributed by atoms with Gasteiger partial charge < -0.3 is 24.4 Å². The van der Waals surface area contributed by atoms with Gasteiger partial charge in [0.25, 0.3) is 0 Å². The minimum Gasteiger partial charge on any atom is -0.392 e. The van der Waals surface area contributed by atoms with Crippen molar-refractivity contribution in [3.8, 4) is 0 Å². The SMILES string of the molecule is COCO.OCc1ccccc1.c1ccc(COCC2CCCO2)cc1. The molecule has 5 heteroatoms. The Kier molecular flexibility index (Phi) is 13.3. The summed E-state index contributed by atoms with van der Waals surface area (Å²) in [6.45, 7) is 2.29. The molecule has 2 N–H and O–H groups in total. The van der Waals surface area contributed by atoms with E-state index in [1.54, 1.807) is 0 Å². The summed E-state index contributed by atoms with van der Waals surface area (Å²) in [7, 11) is 1.43. The van der Waals surface area contributed by atoms with E-state index in [4.69, 9.17) is 19.7 Å². The Bertz CT molecular complexity index is 525. The van der Waals surface area contributed by atoms with Gasteiger partial charge in [-0.1, -0.05) is 60.7 Å². The summed E-state index contributed by atoms with van der Waals surface area (Å²) in [5.41, 5.74) is 2.19. The molecule has 2 aromatic rings. The molecular formula is C21H30O5. The van der Waals surface area contributed by atoms with Gasteiger partial charge in [0.15, 0.2) is 0 Å². The van der Waals surface area contributed by atoms with Crippen molar-refractivity contribution in [2.75, 3.05) is 27.1 Å². The van der Waals surface area contributed by atoms with Crippen molar-refractivity contribution in [3.63, 3.8) is 0 Å². The Balaban J connectivity index is 0.000000238. The van der Waals surface area contributed by atoms with Crippen molar-refractivity contribution >= 4 is 0 Å². The summed E-state index contributed by atoms with van der Waals surface area (Å²) >= 11 is 0. The van der Waals surface area contributed by atoms with E-state index < -0.39 is 0 Å². The highest BCUT2D eigenvalue weighted by Crippen LogP contribution is 2.12. The van der Waals surface area contributed by atoms with Crippen LogP contribution in [0.25, 0.3) is 0 Å². The number of hydrogen-bond donors (Lipinski definition) is 2. The van der Waals surface area contributed by atoms with E-state index in [9.17, 15) is 0 Å². The summed E-state index contributed by atoms with van der Waals surface area (Å²) in [6, 6.07) is 19.8. The van der Waals surface area contributed by atoms with Crippen molar-refractivity contribution < 1.29 is 24.4 Å². The first-order valence-corrected chi connectivity index (χ1v) is 8.78. The van der Waals surface area contributed by atoms with Gasteiger partial charge >= 0.3 is 0 Å². The van der Waals surface area contributed by atoms with E-state index in [0.717, 1.165) is 25.2 Å². The molecule has 3 rings (SSSR count). The molecular weight excluding hydrogens is 332 g/mol. The van der Waals surface area contributed by atoms with Crippen molar-refractivity contribution in [2.24, 2.45) is 0 Å². The number of rotatable bonds is 6. The summed E-state index contributed by atoms with van der Waals surface area (Å²) in [5, 5.41) is 16.2. The number of benzene rings is 2. The first-order valence-electron chi connectivity index (χ1n) is 8.78. The average Bonchev–Trinajstić information content (AvgIpc) is 3.24. The minimum absolute atomic E-state index is 0.140. The molecule has 1 aliphatic heterocycles. The first kappa shape index (κ1) is 22.3. The molecule has 0 bridgehead atoms. The van der Waals surface area contributed by atoms with E-state index in [2.05, 4.69) is 16.9 Å². The van der Waals surface area contributed by atoms with Crippen LogP contribution >= 0.6 is 0 Å². The molecule has 1 unspecified atom stereocenters. The second-order valence-electron chi connectivity index (χ2n) is 5.70. The summed E-state index contributed by atoms with van der Waals surface area (Å²) in [6.07, 6.45) is 2.66. The lowest BCUT2D eigenvalue weighted by atomic mass is 10.2. The summed E-state index contributed by atoms with van der Waals surface area (Å²) < 4.78 is 15.1. The third kappa shape index (κ3) is 11.0. The predicted octanol–water partition coefficient (Wildman–Crippen LogP) is 3.14. The van der Waals surface area contributed by atoms with Crippen molar-refractivity contribution in [3.05, 3.63) is 71.8 Å². The predicted molar refractivity (Wildman–Crippen MR) is 102 cm³/mol. The molecule has 1 heterocycles. The van der Waals surface area contributed by atoms with Crippen molar-refractivity contribution in [2.45, 2.75) is 32.2 Å². The van der Waals surface area contributed by atoms with Gasteiger partial charge in [-0.05, 0) is 24.0 Å². The number of aliphatic hydroxyl groups excluding tert-OH is 2. The highest BCUT2D eigenvalue weighted by atomic mass is 16.6. The lowest BCUT2D eigenvalue weighted by Gasteiger charge is -2.09. The molecule has 1 saturated heterocycles. The first-order chi connectivity index (χ1) is 12.8. The maximum atomic E-state index is 8.54. The van der Waals surface area contributed by atoms with Crippen LogP contribution in [0.5, 0.6) is 0 Å². The van der Waals surface area contributed by atoms with Crippen LogP contribution in [0.1, 0.15) is 24.0 Å². The monoisotopic (exact) mass is 362 g/mol. The van der Waals surface area contributed by atoms with Gasteiger partial charge in [-0.3, -0.25) is 0 Å². The fourth-order valence-electron chi connectivity index (χ4n) is 2.24. The molecule has 26 heavy (non-hydrogen) atoms. The number of methoxy groups -OCH3 is 1. The second kappa shape index (κ2) is 15.5. The van der Waals surface area contributed by atoms with Crippen molar-refractivity contribution in [1.29, 1.82) is 0 Å². The van der Waals surface area contributed by atoms with Gasteiger partial charge in [-0.2, -0.15) is 0 Å². The largest absolute Gasteiger partial charge is 0.392 e. The van der Waals surface area contributed by atoms with E-state index >= 15 is 0 Å². The number of hydrogen-bond acceptors (Lipinski definition) is 5. The lowest BCUT2D eigenvalue weighted by molar-refractivity contribution is 0.0106. The topological polar surface area (TPSA) is 68.2 Å². The molecule has 1 atom stereocenters. The fourth-order valence-corrected chi connectivity index (χ4v) is 2.24. The maximum absolute atomic E-state index is 8.54. The number of aliphatic hydroxyl groups is 2. The summed E-state index contributed by atoms with van der Waals surface area (Å²) in [5.74, 6) is 0. The molecule has 1 fully saturated rings. The third-order valence-electron chi connectivity index (χ3n) is 3.59. The highest BCUT2D eigenvalue weighted by Gasteiger charge is 2.14. The molecule has 0 aromatic heterocycles. The Morgan fingerprint density at radius 3 is 1.96 bits per heavy atom. The van der Waals surface area contributed by atoms with Gasteiger partial charge in [-0.25, -0.2) is 0 Å². The van der Waals surface area contributed by atoms with E-state index in [-0.39, 0.29) is 13.4 Å². The van der Waals surface area contributed by atoms with Crippen LogP contribution in [0.15, 0.2) is 60.7 Å². The lowest BCUT2D eigenvalue weighted by Crippen LogP contribution is -2.13. The molecule has 2 aromatic carbocycles. The van der Waals surface area contributed by atoms with Crippen molar-refractivity contribution in [1.82, 2.24) is 0 Å². The molecule has 0 spiro atoms. The second-order valence-corrected chi connectivity index (χ2v) is 5.70. The van der Waals surface area contributed by atoms with Gasteiger partial charge in [0.05, 0.1) is 25.9 Å². The quantitative estimate of drug-likeness (QED) is 0.773. The van der Waals surface area contributed by atoms with Crippen LogP contribution in [-0.4, -0.2) is 43.4 Å². The van der Waals surface area contributed by atoms with Crippen LogP contribution in [0.2, 0.25) is 0 Å². The van der Waals surface area contributed by atoms with Gasteiger partial charge in [-0.15, -0.1) is 0 Å². The molecule has 0 amide bonds. The average molecular weight is 362 g/mol. The van der Waals surface area contributed by atoms with Crippen LogP contribution < -0.4 is 0 Å². The fraction of sp³-hybridized carbons (Fsp3) is 0.429. The van der Waals surface area contributed by atoms with Gasteiger partial charge in [0, 0.05) is 13.7 Å². The van der Waals surface area contributed by atoms with E-state index in [0.29, 0.717) is 12.7 Å². The minimum atomic E-state index is -0.181.